The average Bonchev–Trinajstić information content (AvgIpc) is 2.87. The normalized spacial score (nSPS) is 11.8. The summed E-state index contributed by atoms with van der Waals surface area (Å²) >= 11 is 11.8. The minimum absolute atomic E-state index is 0.0275. The molecule has 0 fully saturated rings. The second-order valence-corrected chi connectivity index (χ2v) is 11.2. The molecule has 0 saturated heterocycles. The van der Waals surface area contributed by atoms with Gasteiger partial charge in [-0.3, -0.25) is 14.2 Å². The molecule has 9 nitrogen and oxygen atoms in total. The van der Waals surface area contributed by atoms with Gasteiger partial charge >= 0.3 is 11.9 Å². The van der Waals surface area contributed by atoms with E-state index < -0.39 is 74.0 Å². The van der Waals surface area contributed by atoms with Crippen molar-refractivity contribution < 1.29 is 30.8 Å². The van der Waals surface area contributed by atoms with Gasteiger partial charge in [-0.15, -0.1) is 0 Å². The number of hydrogen-bond donors (Lipinski definition) is 0. The lowest BCUT2D eigenvalue weighted by Crippen LogP contribution is -2.42. The van der Waals surface area contributed by atoms with Gasteiger partial charge < -0.3 is 0 Å². The number of carbonyl (C=O) groups excluding carboxylic acids is 1. The first-order valence-electron chi connectivity index (χ1n) is 11.2. The van der Waals surface area contributed by atoms with Gasteiger partial charge in [-0.2, -0.15) is 18.4 Å². The lowest BCUT2D eigenvalue weighted by Gasteiger charge is -2.24. The Kier molecular flexibility index (Phi) is 8.83. The molecule has 212 valence electrons. The van der Waals surface area contributed by atoms with Crippen molar-refractivity contribution in [2.24, 2.45) is 7.05 Å². The van der Waals surface area contributed by atoms with Gasteiger partial charge in [0.15, 0.2) is 0 Å². The third-order valence-corrected chi connectivity index (χ3v) is 8.16. The van der Waals surface area contributed by atoms with E-state index in [4.69, 9.17) is 23.2 Å². The molecule has 3 aromatic rings. The van der Waals surface area contributed by atoms with E-state index in [1.807, 2.05) is 0 Å². The zero-order valence-corrected chi connectivity index (χ0v) is 22.9. The number of aryl methyl sites for hydroxylation is 1. The maximum atomic E-state index is 15.1. The molecule has 1 heterocycles. The maximum absolute atomic E-state index is 15.1. The maximum Gasteiger partial charge on any atom is 0.431 e. The Morgan fingerprint density at radius 3 is 2.30 bits per heavy atom. The highest BCUT2D eigenvalue weighted by Crippen LogP contribution is 2.31. The number of alkyl halides is 3. The van der Waals surface area contributed by atoms with Crippen molar-refractivity contribution in [2.75, 3.05) is 10.1 Å². The quantitative estimate of drug-likeness (QED) is 0.365. The fraction of sp³-hybridized carbons (Fsp3) is 0.250. The number of nitrogens with zero attached hydrogens (tertiary/aromatic N) is 4. The van der Waals surface area contributed by atoms with Crippen molar-refractivity contribution in [1.82, 2.24) is 9.13 Å². The molecule has 1 amide bonds. The molecular formula is C24H18Cl2F4N4O5S. The number of rotatable bonds is 7. The van der Waals surface area contributed by atoms with Crippen LogP contribution in [0, 0.1) is 17.1 Å². The van der Waals surface area contributed by atoms with Crippen molar-refractivity contribution in [3.63, 3.8) is 0 Å². The van der Waals surface area contributed by atoms with Crippen molar-refractivity contribution in [3.8, 4) is 11.8 Å². The van der Waals surface area contributed by atoms with Crippen LogP contribution in [0.3, 0.4) is 0 Å². The van der Waals surface area contributed by atoms with Gasteiger partial charge in [-0.05, 0) is 43.2 Å². The van der Waals surface area contributed by atoms with Crippen LogP contribution in [0.4, 0.5) is 23.2 Å². The van der Waals surface area contributed by atoms with Crippen LogP contribution >= 0.6 is 23.2 Å². The third-order valence-electron chi connectivity index (χ3n) is 5.74. The summed E-state index contributed by atoms with van der Waals surface area (Å²) in [6.45, 7) is 1.20. The Hall–Kier alpha value is -3.67. The van der Waals surface area contributed by atoms with Gasteiger partial charge in [-0.1, -0.05) is 29.3 Å². The number of carbonyl (C=O) groups is 1. The van der Waals surface area contributed by atoms with Crippen LogP contribution < -0.4 is 15.6 Å². The Balaban J connectivity index is 2.21. The minimum Gasteiger partial charge on any atom is -0.292 e. The van der Waals surface area contributed by atoms with Crippen LogP contribution in [0.2, 0.25) is 10.0 Å². The van der Waals surface area contributed by atoms with E-state index in [1.165, 1.54) is 19.1 Å². The highest BCUT2D eigenvalue weighted by Gasteiger charge is 2.36. The molecule has 0 aliphatic heterocycles. The van der Waals surface area contributed by atoms with Crippen LogP contribution in [0.15, 0.2) is 46.0 Å². The molecule has 2 aromatic carbocycles. The van der Waals surface area contributed by atoms with Crippen LogP contribution in [0.25, 0.3) is 5.69 Å². The summed E-state index contributed by atoms with van der Waals surface area (Å²) in [4.78, 5) is 38.5. The minimum atomic E-state index is -5.09. The standard InChI is InChI=1S/C24H18Cl2F4N4O5S/c1-3-40(38,39)34(21(35)7-5-13-4-6-15(25)16(26)8-13)18-10-19(17(27)9-14(18)12-31)33-22(36)11-20(24(28,29)30)32(2)23(33)37/h4,6,8-11H,3,5,7H2,1-2H3. The monoisotopic (exact) mass is 620 g/mol. The number of aromatic nitrogens is 2. The molecule has 0 bridgehead atoms. The first-order chi connectivity index (χ1) is 18.5. The van der Waals surface area contributed by atoms with Crippen molar-refractivity contribution in [1.29, 1.82) is 5.26 Å². The topological polar surface area (TPSA) is 122 Å². The summed E-state index contributed by atoms with van der Waals surface area (Å²) in [5.74, 6) is -3.11. The smallest absolute Gasteiger partial charge is 0.292 e. The van der Waals surface area contributed by atoms with Crippen LogP contribution in [0.1, 0.15) is 30.2 Å². The Morgan fingerprint density at radius 1 is 1.10 bits per heavy atom. The summed E-state index contributed by atoms with van der Waals surface area (Å²) < 4.78 is 81.1. The number of halogens is 6. The summed E-state index contributed by atoms with van der Waals surface area (Å²) in [6.07, 6.45) is -5.57. The summed E-state index contributed by atoms with van der Waals surface area (Å²) in [5, 5.41) is 10.0. The summed E-state index contributed by atoms with van der Waals surface area (Å²) in [6, 6.07) is 7.13. The van der Waals surface area contributed by atoms with E-state index in [0.29, 0.717) is 24.7 Å². The Bertz CT molecular complexity index is 1780. The van der Waals surface area contributed by atoms with Crippen molar-refractivity contribution in [3.05, 3.63) is 89.9 Å². The lowest BCUT2D eigenvalue weighted by atomic mass is 10.1. The van der Waals surface area contributed by atoms with Gasteiger partial charge in [0.2, 0.25) is 15.9 Å². The second-order valence-electron chi connectivity index (χ2n) is 8.28. The van der Waals surface area contributed by atoms with E-state index in [9.17, 15) is 41.2 Å². The molecule has 0 unspecified atom stereocenters. The van der Waals surface area contributed by atoms with Gasteiger partial charge in [0, 0.05) is 19.5 Å². The summed E-state index contributed by atoms with van der Waals surface area (Å²) in [7, 11) is -3.79. The van der Waals surface area contributed by atoms with Crippen LogP contribution in [-0.4, -0.2) is 29.2 Å². The SMILES string of the molecule is CCS(=O)(=O)N(C(=O)CCc1ccc(Cl)c(Cl)c1)c1cc(-n2c(=O)cc(C(F)(F)F)n(C)c2=O)c(F)cc1C#N. The first kappa shape index (κ1) is 30.9. The Morgan fingerprint density at radius 2 is 1.75 bits per heavy atom. The predicted octanol–water partition coefficient (Wildman–Crippen LogP) is 4.19. The average molecular weight is 621 g/mol. The molecule has 1 aromatic heterocycles. The van der Waals surface area contributed by atoms with Gasteiger partial charge in [0.25, 0.3) is 5.56 Å². The number of benzene rings is 2. The molecule has 0 radical (unpaired) electrons. The zero-order chi connectivity index (χ0) is 30.2. The van der Waals surface area contributed by atoms with Crippen LogP contribution in [-0.2, 0) is 34.5 Å². The Labute approximate surface area is 234 Å². The number of sulfonamides is 1. The fourth-order valence-corrected chi connectivity index (χ4v) is 5.15. The molecule has 3 rings (SSSR count). The third kappa shape index (κ3) is 6.06. The molecule has 0 aliphatic carbocycles. The van der Waals surface area contributed by atoms with Gasteiger partial charge in [-0.25, -0.2) is 26.5 Å². The lowest BCUT2D eigenvalue weighted by molar-refractivity contribution is -0.144. The predicted molar refractivity (Wildman–Crippen MR) is 139 cm³/mol. The van der Waals surface area contributed by atoms with E-state index in [-0.39, 0.29) is 36.0 Å². The molecule has 0 aliphatic rings. The highest BCUT2D eigenvalue weighted by molar-refractivity contribution is 7.93. The largest absolute Gasteiger partial charge is 0.431 e. The van der Waals surface area contributed by atoms with Gasteiger partial charge in [0.05, 0.1) is 32.7 Å². The number of anilines is 1. The summed E-state index contributed by atoms with van der Waals surface area (Å²) in [5.41, 5.74) is -6.61. The van der Waals surface area contributed by atoms with E-state index in [1.54, 1.807) is 12.1 Å². The number of hydrogen-bond acceptors (Lipinski definition) is 6. The van der Waals surface area contributed by atoms with E-state index in [2.05, 4.69) is 0 Å². The molecule has 0 spiro atoms. The molecule has 0 saturated carbocycles. The van der Waals surface area contributed by atoms with Crippen LogP contribution in [0.5, 0.6) is 0 Å². The highest BCUT2D eigenvalue weighted by atomic mass is 35.5. The first-order valence-corrected chi connectivity index (χ1v) is 13.5. The number of amides is 1. The number of nitriles is 1. The molecule has 0 N–H and O–H groups in total. The van der Waals surface area contributed by atoms with Gasteiger partial charge in [0.1, 0.15) is 17.6 Å². The molecular weight excluding hydrogens is 603 g/mol. The molecule has 16 heteroatoms. The van der Waals surface area contributed by atoms with E-state index in [0.717, 1.165) is 0 Å². The molecule has 40 heavy (non-hydrogen) atoms. The fourth-order valence-electron chi connectivity index (χ4n) is 3.72. The van der Waals surface area contributed by atoms with Crippen molar-refractivity contribution in [2.45, 2.75) is 25.9 Å². The van der Waals surface area contributed by atoms with E-state index >= 15 is 4.39 Å². The zero-order valence-electron chi connectivity index (χ0n) is 20.6. The molecule has 0 atom stereocenters. The van der Waals surface area contributed by atoms with Crippen molar-refractivity contribution >= 4 is 44.8 Å². The second kappa shape index (κ2) is 11.4.